The highest BCUT2D eigenvalue weighted by atomic mass is 16.8. The summed E-state index contributed by atoms with van der Waals surface area (Å²) < 4.78 is 61.7. The smallest absolute Gasteiger partial charge is 0.338 e. The SMILES string of the molecule is C=CCO[C@@H]1O[C@H](CO[C@@H]2OC[C@@H](OC(=O)c3ccccc3)[C@H](OC(=O)c3ccccc3)[C@H]2OC(=O)c2ccccc2)[C@@H](OC(=O)c2ccccc2)[C@H](OC(=O)c2ccccc2)[C@H]1OC(=O)c1ccccc1. The number of hydrogen-bond acceptors (Lipinski definition) is 16. The van der Waals surface area contributed by atoms with Gasteiger partial charge in [0.1, 0.15) is 6.10 Å². The molecule has 16 heteroatoms. The summed E-state index contributed by atoms with van der Waals surface area (Å²) in [6, 6.07) is 47.9. The zero-order valence-corrected chi connectivity index (χ0v) is 38.5. The van der Waals surface area contributed by atoms with Crippen LogP contribution < -0.4 is 0 Å². The van der Waals surface area contributed by atoms with E-state index in [0.29, 0.717) is 0 Å². The van der Waals surface area contributed by atoms with Crippen molar-refractivity contribution in [3.8, 4) is 0 Å². The molecule has 2 fully saturated rings. The Morgan fingerprint density at radius 3 is 1.10 bits per heavy atom. The predicted octanol–water partition coefficient (Wildman–Crippen LogP) is 7.64. The summed E-state index contributed by atoms with van der Waals surface area (Å²) in [5.41, 5.74) is 0.770. The molecule has 9 atom stereocenters. The molecule has 0 bridgehead atoms. The monoisotopic (exact) mass is 976 g/mol. The van der Waals surface area contributed by atoms with Crippen molar-refractivity contribution in [1.29, 1.82) is 0 Å². The summed E-state index contributed by atoms with van der Waals surface area (Å²) in [6.07, 6.45) is -12.7. The van der Waals surface area contributed by atoms with Crippen molar-refractivity contribution >= 4 is 35.8 Å². The molecule has 2 aliphatic rings. The Morgan fingerprint density at radius 2 is 0.722 bits per heavy atom. The molecule has 8 rings (SSSR count). The molecule has 72 heavy (non-hydrogen) atoms. The van der Waals surface area contributed by atoms with Crippen LogP contribution in [0.4, 0.5) is 0 Å². The molecule has 0 radical (unpaired) electrons. The number of rotatable bonds is 18. The van der Waals surface area contributed by atoms with E-state index < -0.39 is 104 Å². The second kappa shape index (κ2) is 24.5. The normalized spacial score (nSPS) is 22.5. The molecular weight excluding hydrogens is 929 g/mol. The molecule has 6 aromatic rings. The molecule has 0 spiro atoms. The Morgan fingerprint density at radius 1 is 0.403 bits per heavy atom. The Hall–Kier alpha value is -8.28. The second-order valence-corrected chi connectivity index (χ2v) is 16.2. The van der Waals surface area contributed by atoms with Gasteiger partial charge in [-0.15, -0.1) is 6.58 Å². The highest BCUT2D eigenvalue weighted by Gasteiger charge is 2.55. The first-order chi connectivity index (χ1) is 35.2. The van der Waals surface area contributed by atoms with Gasteiger partial charge < -0.3 is 47.4 Å². The molecule has 16 nitrogen and oxygen atoms in total. The van der Waals surface area contributed by atoms with Crippen LogP contribution in [0.2, 0.25) is 0 Å². The Kier molecular flexibility index (Phi) is 17.1. The van der Waals surface area contributed by atoms with Crippen molar-refractivity contribution in [2.24, 2.45) is 0 Å². The standard InChI is InChI=1S/C56H48O16/c1-2-33-63-56-48(72-54(62)41-31-19-8-20-32-41)46(70-52(60)39-27-15-6-16-28-39)44(68-50(58)37-23-11-4-12-24-37)43(67-56)35-65-55-47(71-53(61)40-29-17-7-18-30-40)45(69-51(59)38-25-13-5-14-26-38)42(34-64-55)66-49(57)36-21-9-3-10-22-36/h2-32,42-48,55-56H,1,33-35H2/t42-,43-,44-,45+,46+,47-,48-,55+,56-/m1/s1. The van der Waals surface area contributed by atoms with Gasteiger partial charge in [0.05, 0.1) is 53.2 Å². The van der Waals surface area contributed by atoms with Gasteiger partial charge in [-0.1, -0.05) is 115 Å². The van der Waals surface area contributed by atoms with Gasteiger partial charge in [0.25, 0.3) is 0 Å². The fourth-order valence-corrected chi connectivity index (χ4v) is 7.77. The van der Waals surface area contributed by atoms with Crippen molar-refractivity contribution in [1.82, 2.24) is 0 Å². The number of ether oxygens (including phenoxy) is 10. The summed E-state index contributed by atoms with van der Waals surface area (Å²) in [6.45, 7) is 2.51. The lowest BCUT2D eigenvalue weighted by Crippen LogP contribution is -2.64. The Labute approximate surface area is 413 Å². The van der Waals surface area contributed by atoms with Crippen LogP contribution in [-0.2, 0) is 47.4 Å². The first kappa shape index (κ1) is 50.1. The number of hydrogen-bond donors (Lipinski definition) is 0. The highest BCUT2D eigenvalue weighted by molar-refractivity contribution is 5.92. The zero-order chi connectivity index (χ0) is 50.2. The number of benzene rings is 6. The van der Waals surface area contributed by atoms with Crippen molar-refractivity contribution in [2.75, 3.05) is 19.8 Å². The summed E-state index contributed by atoms with van der Waals surface area (Å²) >= 11 is 0. The quantitative estimate of drug-likeness (QED) is 0.0463. The first-order valence-electron chi connectivity index (χ1n) is 22.8. The van der Waals surface area contributed by atoms with E-state index in [1.54, 1.807) is 109 Å². The van der Waals surface area contributed by atoms with Crippen LogP contribution in [0.25, 0.3) is 0 Å². The lowest BCUT2D eigenvalue weighted by Gasteiger charge is -2.45. The summed E-state index contributed by atoms with van der Waals surface area (Å²) in [7, 11) is 0. The van der Waals surface area contributed by atoms with E-state index in [2.05, 4.69) is 6.58 Å². The third-order valence-electron chi connectivity index (χ3n) is 11.3. The van der Waals surface area contributed by atoms with E-state index in [1.807, 2.05) is 0 Å². The second-order valence-electron chi connectivity index (χ2n) is 16.2. The van der Waals surface area contributed by atoms with Crippen LogP contribution in [0.15, 0.2) is 195 Å². The zero-order valence-electron chi connectivity index (χ0n) is 38.5. The predicted molar refractivity (Wildman–Crippen MR) is 254 cm³/mol. The maximum absolute atomic E-state index is 14.1. The molecule has 0 aromatic heterocycles. The van der Waals surface area contributed by atoms with Gasteiger partial charge in [-0.05, 0) is 72.8 Å². The average molecular weight is 977 g/mol. The van der Waals surface area contributed by atoms with Crippen LogP contribution in [-0.4, -0.2) is 111 Å². The fraction of sp³-hybridized carbons (Fsp3) is 0.214. The Bertz CT molecular complexity index is 2760. The lowest BCUT2D eigenvalue weighted by molar-refractivity contribution is -0.316. The number of carbonyl (C=O) groups is 6. The van der Waals surface area contributed by atoms with Crippen LogP contribution >= 0.6 is 0 Å². The van der Waals surface area contributed by atoms with Crippen molar-refractivity contribution in [3.05, 3.63) is 228 Å². The van der Waals surface area contributed by atoms with Crippen molar-refractivity contribution in [2.45, 2.75) is 55.3 Å². The van der Waals surface area contributed by atoms with Gasteiger partial charge in [-0.25, -0.2) is 28.8 Å². The van der Waals surface area contributed by atoms with E-state index in [4.69, 9.17) is 47.4 Å². The summed E-state index contributed by atoms with van der Waals surface area (Å²) in [4.78, 5) is 83.4. The third kappa shape index (κ3) is 12.7. The van der Waals surface area contributed by atoms with E-state index in [1.165, 1.54) is 78.9 Å². The van der Waals surface area contributed by atoms with Gasteiger partial charge >= 0.3 is 35.8 Å². The number of esters is 6. The molecule has 0 unspecified atom stereocenters. The van der Waals surface area contributed by atoms with E-state index in [0.717, 1.165) is 0 Å². The highest BCUT2D eigenvalue weighted by Crippen LogP contribution is 2.34. The van der Waals surface area contributed by atoms with Crippen LogP contribution in [0.5, 0.6) is 0 Å². The van der Waals surface area contributed by atoms with E-state index in [9.17, 15) is 28.8 Å². The minimum Gasteiger partial charge on any atom is -0.452 e. The molecular formula is C56H48O16. The molecule has 0 aliphatic carbocycles. The van der Waals surface area contributed by atoms with Gasteiger partial charge in [-0.2, -0.15) is 0 Å². The van der Waals surface area contributed by atoms with Gasteiger partial charge in [0.2, 0.25) is 0 Å². The minimum atomic E-state index is -1.67. The minimum absolute atomic E-state index is 0.107. The van der Waals surface area contributed by atoms with E-state index in [-0.39, 0.29) is 40.0 Å². The molecule has 2 aliphatic heterocycles. The van der Waals surface area contributed by atoms with E-state index >= 15 is 0 Å². The molecule has 0 saturated carbocycles. The summed E-state index contributed by atoms with van der Waals surface area (Å²) in [5, 5.41) is 0. The Balaban J connectivity index is 1.17. The number of carbonyl (C=O) groups excluding carboxylic acids is 6. The van der Waals surface area contributed by atoms with Crippen molar-refractivity contribution in [3.63, 3.8) is 0 Å². The molecule has 6 aromatic carbocycles. The topological polar surface area (TPSA) is 195 Å². The van der Waals surface area contributed by atoms with Gasteiger partial charge in [-0.3, -0.25) is 0 Å². The summed E-state index contributed by atoms with van der Waals surface area (Å²) in [5.74, 6) is -5.14. The average Bonchev–Trinajstić information content (AvgIpc) is 3.43. The lowest BCUT2D eigenvalue weighted by atomic mass is 9.97. The largest absolute Gasteiger partial charge is 0.452 e. The van der Waals surface area contributed by atoms with Gasteiger partial charge in [0.15, 0.2) is 49.2 Å². The maximum atomic E-state index is 14.1. The molecule has 0 N–H and O–H groups in total. The first-order valence-corrected chi connectivity index (χ1v) is 22.8. The van der Waals surface area contributed by atoms with Gasteiger partial charge in [0, 0.05) is 0 Å². The maximum Gasteiger partial charge on any atom is 0.338 e. The fourth-order valence-electron chi connectivity index (χ4n) is 7.77. The van der Waals surface area contributed by atoms with Crippen LogP contribution in [0, 0.1) is 0 Å². The van der Waals surface area contributed by atoms with Crippen LogP contribution in [0.3, 0.4) is 0 Å². The molecule has 2 heterocycles. The molecule has 0 amide bonds. The molecule has 368 valence electrons. The van der Waals surface area contributed by atoms with Crippen LogP contribution in [0.1, 0.15) is 62.1 Å². The van der Waals surface area contributed by atoms with Crippen molar-refractivity contribution < 1.29 is 76.1 Å². The molecule has 2 saturated heterocycles. The third-order valence-corrected chi connectivity index (χ3v) is 11.3.